The number of aliphatic carboxylic acids is 1. The van der Waals surface area contributed by atoms with E-state index < -0.39 is 35.3 Å². The van der Waals surface area contributed by atoms with Gasteiger partial charge in [-0.2, -0.15) is 0 Å². The zero-order valence-electron chi connectivity index (χ0n) is 8.21. The van der Waals surface area contributed by atoms with E-state index in [0.29, 0.717) is 0 Å². The third-order valence-electron chi connectivity index (χ3n) is 1.88. The molecule has 7 heteroatoms. The molecule has 0 fully saturated rings. The number of carboxylic acids is 1. The molecular weight excluding hydrogens is 220 g/mol. The number of furan rings is 1. The predicted molar refractivity (Wildman–Crippen MR) is 50.1 cm³/mol. The molecule has 0 amide bonds. The lowest BCUT2D eigenvalue weighted by Gasteiger charge is -2.02. The number of aliphatic hydroxyl groups excluding tert-OH is 1. The van der Waals surface area contributed by atoms with Crippen molar-refractivity contribution in [3.8, 4) is 17.4 Å². The molecule has 1 atom stereocenters. The van der Waals surface area contributed by atoms with Crippen LogP contribution in [-0.4, -0.2) is 31.5 Å². The van der Waals surface area contributed by atoms with Crippen LogP contribution in [-0.2, 0) is 4.79 Å². The van der Waals surface area contributed by atoms with Gasteiger partial charge >= 0.3 is 11.9 Å². The normalized spacial score (nSPS) is 13.8. The quantitative estimate of drug-likeness (QED) is 0.476. The van der Waals surface area contributed by atoms with E-state index in [1.54, 1.807) is 0 Å². The lowest BCUT2D eigenvalue weighted by molar-refractivity contribution is -0.132. The molecule has 1 aromatic rings. The molecule has 1 aromatic heterocycles. The second-order valence-corrected chi connectivity index (χ2v) is 3.07. The van der Waals surface area contributed by atoms with E-state index in [4.69, 9.17) is 15.3 Å². The van der Waals surface area contributed by atoms with Gasteiger partial charge in [0.15, 0.2) is 5.76 Å². The molecule has 0 saturated carbocycles. The van der Waals surface area contributed by atoms with Crippen molar-refractivity contribution in [3.05, 3.63) is 17.4 Å². The Morgan fingerprint density at radius 3 is 2.25 bits per heavy atom. The van der Waals surface area contributed by atoms with E-state index in [1.807, 2.05) is 0 Å². The summed E-state index contributed by atoms with van der Waals surface area (Å²) in [6, 6.07) is 0. The molecule has 0 bridgehead atoms. The predicted octanol–water partition coefficient (Wildman–Crippen LogP) is 0.461. The van der Waals surface area contributed by atoms with E-state index >= 15 is 0 Å². The number of aromatic hydroxyl groups is 3. The van der Waals surface area contributed by atoms with E-state index in [1.165, 1.54) is 6.92 Å². The van der Waals surface area contributed by atoms with Crippen LogP contribution in [0, 0.1) is 0 Å². The van der Waals surface area contributed by atoms with Gasteiger partial charge in [-0.1, -0.05) is 0 Å². The van der Waals surface area contributed by atoms with Gasteiger partial charge in [0, 0.05) is 5.57 Å². The van der Waals surface area contributed by atoms with Gasteiger partial charge in [0.1, 0.15) is 6.10 Å². The van der Waals surface area contributed by atoms with Crippen molar-refractivity contribution in [3.63, 3.8) is 0 Å². The SMILES string of the molecule is C/C(=C\C(O)c1oc(O)c(O)c1O)C(=O)O. The molecular formula is C9H10O7. The number of hydrogen-bond acceptors (Lipinski definition) is 6. The van der Waals surface area contributed by atoms with Crippen LogP contribution in [0.5, 0.6) is 17.4 Å². The van der Waals surface area contributed by atoms with Crippen molar-refractivity contribution in [2.45, 2.75) is 13.0 Å². The molecule has 1 rings (SSSR count). The van der Waals surface area contributed by atoms with E-state index in [2.05, 4.69) is 4.42 Å². The molecule has 0 spiro atoms. The van der Waals surface area contributed by atoms with Crippen molar-refractivity contribution in [2.24, 2.45) is 0 Å². The third kappa shape index (κ3) is 2.09. The van der Waals surface area contributed by atoms with Crippen LogP contribution in [0.1, 0.15) is 18.8 Å². The Kier molecular flexibility index (Phi) is 3.09. The van der Waals surface area contributed by atoms with Crippen molar-refractivity contribution in [1.29, 1.82) is 0 Å². The van der Waals surface area contributed by atoms with Crippen LogP contribution < -0.4 is 0 Å². The molecule has 0 aliphatic rings. The maximum absolute atomic E-state index is 10.5. The monoisotopic (exact) mass is 230 g/mol. The largest absolute Gasteiger partial charge is 0.502 e. The van der Waals surface area contributed by atoms with Crippen molar-refractivity contribution >= 4 is 5.97 Å². The highest BCUT2D eigenvalue weighted by atomic mass is 16.5. The number of hydrogen-bond donors (Lipinski definition) is 5. The summed E-state index contributed by atoms with van der Waals surface area (Å²) in [5, 5.41) is 45.0. The van der Waals surface area contributed by atoms with Crippen LogP contribution in [0.4, 0.5) is 0 Å². The maximum Gasteiger partial charge on any atom is 0.331 e. The Balaban J connectivity index is 3.06. The number of aliphatic hydroxyl groups is 1. The van der Waals surface area contributed by atoms with E-state index in [0.717, 1.165) is 6.08 Å². The Labute approximate surface area is 89.5 Å². The molecule has 1 heterocycles. The summed E-state index contributed by atoms with van der Waals surface area (Å²) >= 11 is 0. The summed E-state index contributed by atoms with van der Waals surface area (Å²) in [6.07, 6.45) is -0.692. The smallest absolute Gasteiger partial charge is 0.331 e. The minimum atomic E-state index is -1.58. The molecule has 0 saturated heterocycles. The lowest BCUT2D eigenvalue weighted by Crippen LogP contribution is -2.00. The van der Waals surface area contributed by atoms with E-state index in [9.17, 15) is 15.0 Å². The van der Waals surface area contributed by atoms with Gasteiger partial charge < -0.3 is 29.9 Å². The first kappa shape index (κ1) is 11.9. The summed E-state index contributed by atoms with van der Waals surface area (Å²) in [5.74, 6) is -4.48. The van der Waals surface area contributed by atoms with Crippen LogP contribution in [0.3, 0.4) is 0 Å². The molecule has 0 radical (unpaired) electrons. The fourth-order valence-electron chi connectivity index (χ4n) is 1.00. The molecule has 5 N–H and O–H groups in total. The van der Waals surface area contributed by atoms with Gasteiger partial charge in [-0.3, -0.25) is 0 Å². The number of rotatable bonds is 3. The molecule has 0 aliphatic carbocycles. The summed E-state index contributed by atoms with van der Waals surface area (Å²) in [6.45, 7) is 1.23. The minimum absolute atomic E-state index is 0.178. The lowest BCUT2D eigenvalue weighted by atomic mass is 10.2. The highest BCUT2D eigenvalue weighted by Gasteiger charge is 2.24. The second kappa shape index (κ2) is 4.15. The zero-order chi connectivity index (χ0) is 12.5. The fraction of sp³-hybridized carbons (Fsp3) is 0.222. The van der Waals surface area contributed by atoms with Crippen LogP contribution in [0.2, 0.25) is 0 Å². The summed E-state index contributed by atoms with van der Waals surface area (Å²) < 4.78 is 4.46. The van der Waals surface area contributed by atoms with Crippen LogP contribution >= 0.6 is 0 Å². The Morgan fingerprint density at radius 1 is 1.31 bits per heavy atom. The summed E-state index contributed by atoms with van der Waals surface area (Å²) in [5.41, 5.74) is -0.178. The fourth-order valence-corrected chi connectivity index (χ4v) is 1.00. The Bertz CT molecular complexity index is 443. The van der Waals surface area contributed by atoms with Gasteiger partial charge in [-0.25, -0.2) is 4.79 Å². The van der Waals surface area contributed by atoms with Gasteiger partial charge in [0.2, 0.25) is 11.5 Å². The van der Waals surface area contributed by atoms with Gasteiger partial charge in [0.05, 0.1) is 0 Å². The summed E-state index contributed by atoms with van der Waals surface area (Å²) in [7, 11) is 0. The van der Waals surface area contributed by atoms with Gasteiger partial charge in [-0.15, -0.1) is 0 Å². The van der Waals surface area contributed by atoms with E-state index in [-0.39, 0.29) is 5.57 Å². The first-order chi connectivity index (χ1) is 7.34. The molecule has 1 unspecified atom stereocenters. The number of carbonyl (C=O) groups is 1. The van der Waals surface area contributed by atoms with Crippen LogP contribution in [0.25, 0.3) is 0 Å². The Hall–Kier alpha value is -2.15. The second-order valence-electron chi connectivity index (χ2n) is 3.07. The van der Waals surface area contributed by atoms with Gasteiger partial charge in [-0.05, 0) is 13.0 Å². The maximum atomic E-state index is 10.5. The third-order valence-corrected chi connectivity index (χ3v) is 1.88. The minimum Gasteiger partial charge on any atom is -0.502 e. The highest BCUT2D eigenvalue weighted by Crippen LogP contribution is 2.43. The standard InChI is InChI=1S/C9H10O7/c1-3(8(13)14)2-4(10)7-5(11)6(12)9(15)16-7/h2,4,10-12,15H,1H3,(H,13,14)/b3-2+. The van der Waals surface area contributed by atoms with Crippen molar-refractivity contribution in [2.75, 3.05) is 0 Å². The number of carboxylic acid groups (broad SMARTS) is 1. The average Bonchev–Trinajstić information content (AvgIpc) is 2.45. The Morgan fingerprint density at radius 2 is 1.88 bits per heavy atom. The van der Waals surface area contributed by atoms with Gasteiger partial charge in [0.25, 0.3) is 0 Å². The average molecular weight is 230 g/mol. The molecule has 88 valence electrons. The topological polar surface area (TPSA) is 131 Å². The first-order valence-corrected chi connectivity index (χ1v) is 4.18. The van der Waals surface area contributed by atoms with Crippen molar-refractivity contribution in [1.82, 2.24) is 0 Å². The highest BCUT2D eigenvalue weighted by molar-refractivity contribution is 5.85. The molecule has 0 aliphatic heterocycles. The molecule has 7 nitrogen and oxygen atoms in total. The van der Waals surface area contributed by atoms with Crippen LogP contribution in [0.15, 0.2) is 16.1 Å². The zero-order valence-corrected chi connectivity index (χ0v) is 8.21. The van der Waals surface area contributed by atoms with Crippen molar-refractivity contribution < 1.29 is 34.7 Å². The summed E-state index contributed by atoms with van der Waals surface area (Å²) in [4.78, 5) is 10.5. The molecule has 0 aromatic carbocycles. The molecule has 16 heavy (non-hydrogen) atoms. The first-order valence-electron chi connectivity index (χ1n) is 4.18.